The normalized spacial score (nSPS) is 14.9. The third-order valence-corrected chi connectivity index (χ3v) is 6.89. The van der Waals surface area contributed by atoms with Crippen LogP contribution in [0.1, 0.15) is 49.4 Å². The van der Waals surface area contributed by atoms with Crippen molar-refractivity contribution in [1.29, 1.82) is 0 Å². The minimum absolute atomic E-state index is 0.246. The molecule has 0 unspecified atom stereocenters. The van der Waals surface area contributed by atoms with E-state index < -0.39 is 0 Å². The standard InChI is InChI=1S/C22H28ClNS/c1-4-22(2,3)17-6-8-18(9-7-17)25-15-20-19-12-14-24-13-11-16(19)5-10-21(20)23/h5-10,24H,4,11-15H2,1-3H3. The summed E-state index contributed by atoms with van der Waals surface area (Å²) >= 11 is 8.44. The highest BCUT2D eigenvalue weighted by Gasteiger charge is 2.18. The summed E-state index contributed by atoms with van der Waals surface area (Å²) in [6.07, 6.45) is 3.33. The van der Waals surface area contributed by atoms with Gasteiger partial charge in [-0.2, -0.15) is 0 Å². The van der Waals surface area contributed by atoms with Crippen molar-refractivity contribution < 1.29 is 0 Å². The summed E-state index contributed by atoms with van der Waals surface area (Å²) in [7, 11) is 0. The van der Waals surface area contributed by atoms with E-state index in [0.717, 1.165) is 43.1 Å². The molecule has 0 spiro atoms. The molecule has 3 heteroatoms. The van der Waals surface area contributed by atoms with Gasteiger partial charge in [0.2, 0.25) is 0 Å². The predicted molar refractivity (Wildman–Crippen MR) is 111 cm³/mol. The highest BCUT2D eigenvalue weighted by molar-refractivity contribution is 7.98. The maximum absolute atomic E-state index is 6.55. The molecule has 2 aromatic rings. The molecule has 0 bridgehead atoms. The average Bonchev–Trinajstić information content (AvgIpc) is 2.87. The lowest BCUT2D eigenvalue weighted by Crippen LogP contribution is -2.16. The molecule has 0 radical (unpaired) electrons. The van der Waals surface area contributed by atoms with Crippen molar-refractivity contribution >= 4 is 23.4 Å². The minimum Gasteiger partial charge on any atom is -0.316 e. The minimum atomic E-state index is 0.246. The molecule has 0 saturated carbocycles. The second kappa shape index (κ2) is 8.16. The lowest BCUT2D eigenvalue weighted by molar-refractivity contribution is 0.506. The van der Waals surface area contributed by atoms with Gasteiger partial charge in [0.05, 0.1) is 0 Å². The zero-order valence-electron chi connectivity index (χ0n) is 15.5. The van der Waals surface area contributed by atoms with Crippen LogP contribution in [0, 0.1) is 0 Å². The topological polar surface area (TPSA) is 12.0 Å². The van der Waals surface area contributed by atoms with E-state index in [1.54, 1.807) is 0 Å². The van der Waals surface area contributed by atoms with Crippen LogP contribution >= 0.6 is 23.4 Å². The number of rotatable bonds is 5. The van der Waals surface area contributed by atoms with Gasteiger partial charge < -0.3 is 5.32 Å². The zero-order valence-corrected chi connectivity index (χ0v) is 17.1. The van der Waals surface area contributed by atoms with Gasteiger partial charge in [0.25, 0.3) is 0 Å². The molecular weight excluding hydrogens is 346 g/mol. The van der Waals surface area contributed by atoms with E-state index in [-0.39, 0.29) is 5.41 Å². The van der Waals surface area contributed by atoms with E-state index >= 15 is 0 Å². The van der Waals surface area contributed by atoms with E-state index in [4.69, 9.17) is 11.6 Å². The number of thioether (sulfide) groups is 1. The second-order valence-electron chi connectivity index (χ2n) is 7.46. The summed E-state index contributed by atoms with van der Waals surface area (Å²) in [6.45, 7) is 8.98. The van der Waals surface area contributed by atoms with Gasteiger partial charge in [-0.25, -0.2) is 0 Å². The van der Waals surface area contributed by atoms with Crippen LogP contribution < -0.4 is 5.32 Å². The summed E-state index contributed by atoms with van der Waals surface area (Å²) in [4.78, 5) is 1.32. The first-order valence-corrected chi connectivity index (χ1v) is 10.6. The summed E-state index contributed by atoms with van der Waals surface area (Å²) in [6, 6.07) is 13.4. The first-order valence-electron chi connectivity index (χ1n) is 9.24. The van der Waals surface area contributed by atoms with Gasteiger partial charge in [-0.15, -0.1) is 11.8 Å². The first kappa shape index (κ1) is 18.8. The first-order chi connectivity index (χ1) is 12.0. The van der Waals surface area contributed by atoms with Crippen LogP contribution in [-0.4, -0.2) is 13.1 Å². The van der Waals surface area contributed by atoms with Crippen molar-refractivity contribution in [3.8, 4) is 0 Å². The number of nitrogens with one attached hydrogen (secondary N) is 1. The van der Waals surface area contributed by atoms with E-state index in [2.05, 4.69) is 62.5 Å². The van der Waals surface area contributed by atoms with Gasteiger partial charge >= 0.3 is 0 Å². The second-order valence-corrected chi connectivity index (χ2v) is 8.92. The number of fused-ring (bicyclic) bond motifs is 1. The lowest BCUT2D eigenvalue weighted by atomic mass is 9.82. The van der Waals surface area contributed by atoms with Crippen LogP contribution in [0.2, 0.25) is 5.02 Å². The molecule has 0 amide bonds. The van der Waals surface area contributed by atoms with Gasteiger partial charge in [0.1, 0.15) is 0 Å². The number of halogens is 1. The highest BCUT2D eigenvalue weighted by atomic mass is 35.5. The smallest absolute Gasteiger partial charge is 0.0449 e. The van der Waals surface area contributed by atoms with Crippen LogP contribution in [-0.2, 0) is 24.0 Å². The quantitative estimate of drug-likeness (QED) is 0.644. The molecule has 1 N–H and O–H groups in total. The van der Waals surface area contributed by atoms with Gasteiger partial charge in [0, 0.05) is 15.7 Å². The highest BCUT2D eigenvalue weighted by Crippen LogP contribution is 2.33. The molecule has 0 atom stereocenters. The Morgan fingerprint density at radius 1 is 1.04 bits per heavy atom. The Kier molecular flexibility index (Phi) is 6.14. The Hall–Kier alpha value is -0.960. The maximum atomic E-state index is 6.55. The summed E-state index contributed by atoms with van der Waals surface area (Å²) in [5.74, 6) is 0.943. The maximum Gasteiger partial charge on any atom is 0.0449 e. The fraction of sp³-hybridized carbons (Fsp3) is 0.455. The third kappa shape index (κ3) is 4.42. The molecule has 1 nitrogen and oxygen atoms in total. The predicted octanol–water partition coefficient (Wildman–Crippen LogP) is 6.01. The van der Waals surface area contributed by atoms with Crippen LogP contribution in [0.4, 0.5) is 0 Å². The molecule has 0 saturated heterocycles. The van der Waals surface area contributed by atoms with Gasteiger partial charge in [-0.05, 0) is 78.2 Å². The fourth-order valence-corrected chi connectivity index (χ4v) is 4.63. The van der Waals surface area contributed by atoms with Gasteiger partial charge in [0.15, 0.2) is 0 Å². The average molecular weight is 374 g/mol. The van der Waals surface area contributed by atoms with Crippen LogP contribution in [0.5, 0.6) is 0 Å². The molecule has 1 aliphatic rings. The number of benzene rings is 2. The molecule has 3 rings (SSSR count). The zero-order chi connectivity index (χ0) is 17.9. The monoisotopic (exact) mass is 373 g/mol. The molecule has 1 aliphatic heterocycles. The largest absolute Gasteiger partial charge is 0.316 e. The van der Waals surface area contributed by atoms with Crippen molar-refractivity contribution in [2.75, 3.05) is 13.1 Å². The molecule has 0 fully saturated rings. The van der Waals surface area contributed by atoms with Crippen LogP contribution in [0.25, 0.3) is 0 Å². The van der Waals surface area contributed by atoms with Crippen molar-refractivity contribution in [2.45, 2.75) is 56.1 Å². The number of hydrogen-bond acceptors (Lipinski definition) is 2. The molecule has 1 heterocycles. The Balaban J connectivity index is 1.76. The molecule has 25 heavy (non-hydrogen) atoms. The van der Waals surface area contributed by atoms with Crippen molar-refractivity contribution in [3.05, 3.63) is 63.7 Å². The van der Waals surface area contributed by atoms with E-state index in [0.29, 0.717) is 0 Å². The summed E-state index contributed by atoms with van der Waals surface area (Å²) in [5.41, 5.74) is 5.91. The van der Waals surface area contributed by atoms with Crippen molar-refractivity contribution in [3.63, 3.8) is 0 Å². The molecule has 0 aromatic heterocycles. The Bertz CT molecular complexity index is 722. The van der Waals surface area contributed by atoms with Crippen LogP contribution in [0.3, 0.4) is 0 Å². The van der Waals surface area contributed by atoms with Crippen molar-refractivity contribution in [2.24, 2.45) is 0 Å². The Morgan fingerprint density at radius 2 is 1.76 bits per heavy atom. The third-order valence-electron chi connectivity index (χ3n) is 5.50. The fourth-order valence-electron chi connectivity index (χ4n) is 3.34. The molecule has 134 valence electrons. The Morgan fingerprint density at radius 3 is 2.48 bits per heavy atom. The Labute approximate surface area is 161 Å². The molecule has 0 aliphatic carbocycles. The van der Waals surface area contributed by atoms with E-state index in [1.165, 1.54) is 27.1 Å². The molecule has 2 aromatic carbocycles. The van der Waals surface area contributed by atoms with Crippen molar-refractivity contribution in [1.82, 2.24) is 5.32 Å². The van der Waals surface area contributed by atoms with Crippen LogP contribution in [0.15, 0.2) is 41.3 Å². The van der Waals surface area contributed by atoms with E-state index in [1.807, 2.05) is 11.8 Å². The summed E-state index contributed by atoms with van der Waals surface area (Å²) < 4.78 is 0. The summed E-state index contributed by atoms with van der Waals surface area (Å²) in [5, 5.41) is 4.40. The molecular formula is C22H28ClNS. The van der Waals surface area contributed by atoms with E-state index in [9.17, 15) is 0 Å². The van der Waals surface area contributed by atoms with Gasteiger partial charge in [-0.3, -0.25) is 0 Å². The number of hydrogen-bond donors (Lipinski definition) is 1. The SMILES string of the molecule is CCC(C)(C)c1ccc(SCc2c(Cl)ccc3c2CCNCC3)cc1. The lowest BCUT2D eigenvalue weighted by Gasteiger charge is -2.23. The van der Waals surface area contributed by atoms with Gasteiger partial charge in [-0.1, -0.05) is 50.6 Å².